The summed E-state index contributed by atoms with van der Waals surface area (Å²) >= 11 is 9.55. The van der Waals surface area contributed by atoms with E-state index in [2.05, 4.69) is 45.0 Å². The van der Waals surface area contributed by atoms with Gasteiger partial charge in [0.05, 0.1) is 9.50 Å². The van der Waals surface area contributed by atoms with Gasteiger partial charge in [0.15, 0.2) is 0 Å². The Labute approximate surface area is 121 Å². The zero-order chi connectivity index (χ0) is 12.9. The summed E-state index contributed by atoms with van der Waals surface area (Å²) in [7, 11) is 0. The van der Waals surface area contributed by atoms with Crippen molar-refractivity contribution in [2.75, 3.05) is 24.5 Å². The van der Waals surface area contributed by atoms with E-state index in [-0.39, 0.29) is 5.54 Å². The van der Waals surface area contributed by atoms with Crippen molar-refractivity contribution >= 4 is 33.3 Å². The Morgan fingerprint density at radius 2 is 2.28 bits per heavy atom. The summed E-state index contributed by atoms with van der Waals surface area (Å²) in [6, 6.07) is 1.92. The Kier molecular flexibility index (Phi) is 3.07. The van der Waals surface area contributed by atoms with Crippen molar-refractivity contribution in [2.45, 2.75) is 19.4 Å². The highest BCUT2D eigenvalue weighted by Gasteiger charge is 2.50. The van der Waals surface area contributed by atoms with E-state index in [9.17, 15) is 0 Å². The number of fused-ring (bicyclic) bond motifs is 1. The number of nitrogens with zero attached hydrogens (tertiary/aromatic N) is 2. The van der Waals surface area contributed by atoms with E-state index in [1.54, 1.807) is 6.20 Å². The monoisotopic (exact) mass is 329 g/mol. The predicted molar refractivity (Wildman–Crippen MR) is 78.2 cm³/mol. The lowest BCUT2D eigenvalue weighted by Gasteiger charge is -2.37. The lowest BCUT2D eigenvalue weighted by atomic mass is 9.85. The lowest BCUT2D eigenvalue weighted by molar-refractivity contribution is 0.356. The fourth-order valence-electron chi connectivity index (χ4n) is 3.39. The molecule has 2 atom stereocenters. The van der Waals surface area contributed by atoms with Gasteiger partial charge in [0.2, 0.25) is 0 Å². The van der Waals surface area contributed by atoms with E-state index < -0.39 is 0 Å². The van der Waals surface area contributed by atoms with Gasteiger partial charge < -0.3 is 10.2 Å². The minimum atomic E-state index is 0.136. The van der Waals surface area contributed by atoms with Gasteiger partial charge in [0, 0.05) is 31.4 Å². The maximum Gasteiger partial charge on any atom is 0.143 e. The molecule has 2 aliphatic rings. The van der Waals surface area contributed by atoms with Gasteiger partial charge in [-0.05, 0) is 47.7 Å². The topological polar surface area (TPSA) is 28.2 Å². The molecular formula is C13H17BrClN3. The molecule has 2 aliphatic heterocycles. The first-order valence-electron chi connectivity index (χ1n) is 6.29. The summed E-state index contributed by atoms with van der Waals surface area (Å²) in [5, 5.41) is 4.17. The molecule has 0 radical (unpaired) electrons. The Hall–Kier alpha value is -0.320. The molecule has 18 heavy (non-hydrogen) atoms. The molecule has 1 N–H and O–H groups in total. The van der Waals surface area contributed by atoms with Crippen molar-refractivity contribution in [3.8, 4) is 0 Å². The van der Waals surface area contributed by atoms with E-state index in [1.807, 2.05) is 6.07 Å². The molecule has 0 aliphatic carbocycles. The van der Waals surface area contributed by atoms with Crippen molar-refractivity contribution < 1.29 is 0 Å². The summed E-state index contributed by atoms with van der Waals surface area (Å²) < 4.78 is 0.982. The van der Waals surface area contributed by atoms with E-state index in [1.165, 1.54) is 0 Å². The third-order valence-electron chi connectivity index (χ3n) is 4.40. The zero-order valence-corrected chi connectivity index (χ0v) is 12.9. The summed E-state index contributed by atoms with van der Waals surface area (Å²) in [4.78, 5) is 6.93. The number of hydrogen-bond donors (Lipinski definition) is 1. The van der Waals surface area contributed by atoms with Crippen LogP contribution < -0.4 is 10.2 Å². The second kappa shape index (κ2) is 4.36. The first-order chi connectivity index (χ1) is 8.50. The quantitative estimate of drug-likeness (QED) is 0.858. The van der Waals surface area contributed by atoms with Crippen molar-refractivity contribution in [1.29, 1.82) is 0 Å². The van der Waals surface area contributed by atoms with E-state index in [0.29, 0.717) is 10.9 Å². The third-order valence-corrected chi connectivity index (χ3v) is 5.19. The van der Waals surface area contributed by atoms with E-state index in [0.717, 1.165) is 35.8 Å². The lowest BCUT2D eigenvalue weighted by Crippen LogP contribution is -2.45. The maximum absolute atomic E-state index is 5.97. The van der Waals surface area contributed by atoms with Crippen LogP contribution in [-0.2, 0) is 0 Å². The van der Waals surface area contributed by atoms with Crippen LogP contribution in [0.25, 0.3) is 0 Å². The molecule has 3 nitrogen and oxygen atoms in total. The molecule has 2 saturated heterocycles. The van der Waals surface area contributed by atoms with E-state index in [4.69, 9.17) is 11.6 Å². The first kappa shape index (κ1) is 12.7. The average Bonchev–Trinajstić information content (AvgIpc) is 2.82. The van der Waals surface area contributed by atoms with Gasteiger partial charge in [-0.3, -0.25) is 0 Å². The third kappa shape index (κ3) is 1.86. The number of halogens is 2. The molecule has 0 aromatic carbocycles. The molecule has 1 aromatic rings. The van der Waals surface area contributed by atoms with Crippen LogP contribution in [-0.4, -0.2) is 30.2 Å². The smallest absolute Gasteiger partial charge is 0.143 e. The Bertz CT molecular complexity index is 477. The fourth-order valence-corrected chi connectivity index (χ4v) is 4.24. The largest absolute Gasteiger partial charge is 0.350 e. The van der Waals surface area contributed by atoms with Crippen LogP contribution in [0.5, 0.6) is 0 Å². The van der Waals surface area contributed by atoms with Gasteiger partial charge >= 0.3 is 0 Å². The van der Waals surface area contributed by atoms with Gasteiger partial charge in [0.25, 0.3) is 0 Å². The second-order valence-electron chi connectivity index (χ2n) is 5.75. The van der Waals surface area contributed by atoms with Gasteiger partial charge in [-0.2, -0.15) is 0 Å². The van der Waals surface area contributed by atoms with Gasteiger partial charge in [-0.25, -0.2) is 4.98 Å². The summed E-state index contributed by atoms with van der Waals surface area (Å²) in [6.45, 7) is 7.92. The predicted octanol–water partition coefficient (Wildman–Crippen LogP) is 2.93. The number of hydrogen-bond acceptors (Lipinski definition) is 3. The van der Waals surface area contributed by atoms with Gasteiger partial charge in [-0.1, -0.05) is 11.6 Å². The number of pyridine rings is 1. The van der Waals surface area contributed by atoms with Crippen molar-refractivity contribution in [1.82, 2.24) is 10.3 Å². The fraction of sp³-hybridized carbons (Fsp3) is 0.615. The molecule has 0 amide bonds. The molecule has 3 heterocycles. The second-order valence-corrected chi connectivity index (χ2v) is 7.04. The molecule has 0 spiro atoms. The first-order valence-corrected chi connectivity index (χ1v) is 7.46. The van der Waals surface area contributed by atoms with Crippen LogP contribution in [0, 0.1) is 11.8 Å². The van der Waals surface area contributed by atoms with Crippen LogP contribution >= 0.6 is 27.5 Å². The Morgan fingerprint density at radius 3 is 2.94 bits per heavy atom. The standard InChI is InChI=1S/C13H17BrClN3/c1-13(2)10-6-16-4-8(10)7-18(13)12-11(14)3-9(15)5-17-12/h3,5,8,10,16H,4,6-7H2,1-2H3. The van der Waals surface area contributed by atoms with Crippen LogP contribution in [0.2, 0.25) is 5.02 Å². The average molecular weight is 331 g/mol. The molecule has 1 aromatic heterocycles. The van der Waals surface area contributed by atoms with Crippen LogP contribution in [0.1, 0.15) is 13.8 Å². The zero-order valence-electron chi connectivity index (χ0n) is 10.6. The number of rotatable bonds is 1. The number of anilines is 1. The van der Waals surface area contributed by atoms with Gasteiger partial charge in [-0.15, -0.1) is 0 Å². The summed E-state index contributed by atoms with van der Waals surface area (Å²) in [6.07, 6.45) is 1.73. The molecular weight excluding hydrogens is 314 g/mol. The SMILES string of the molecule is CC1(C)C2CNCC2CN1c1ncc(Cl)cc1Br. The normalized spacial score (nSPS) is 29.7. The van der Waals surface area contributed by atoms with Crippen molar-refractivity contribution in [2.24, 2.45) is 11.8 Å². The Morgan fingerprint density at radius 1 is 1.50 bits per heavy atom. The minimum Gasteiger partial charge on any atom is -0.350 e. The number of aromatic nitrogens is 1. The highest BCUT2D eigenvalue weighted by molar-refractivity contribution is 9.10. The summed E-state index contributed by atoms with van der Waals surface area (Å²) in [5.74, 6) is 2.44. The molecule has 5 heteroatoms. The van der Waals surface area contributed by atoms with Crippen LogP contribution in [0.3, 0.4) is 0 Å². The number of nitrogens with one attached hydrogen (secondary N) is 1. The van der Waals surface area contributed by atoms with Crippen molar-refractivity contribution in [3.05, 3.63) is 21.8 Å². The summed E-state index contributed by atoms with van der Waals surface area (Å²) in [5.41, 5.74) is 0.136. The molecule has 3 rings (SSSR count). The van der Waals surface area contributed by atoms with Gasteiger partial charge in [0.1, 0.15) is 5.82 Å². The van der Waals surface area contributed by atoms with Crippen LogP contribution in [0.15, 0.2) is 16.7 Å². The molecule has 2 unspecified atom stereocenters. The molecule has 2 fully saturated rings. The van der Waals surface area contributed by atoms with E-state index >= 15 is 0 Å². The maximum atomic E-state index is 5.97. The molecule has 0 saturated carbocycles. The molecule has 98 valence electrons. The van der Waals surface area contributed by atoms with Crippen LogP contribution in [0.4, 0.5) is 5.82 Å². The Balaban J connectivity index is 1.97. The minimum absolute atomic E-state index is 0.136. The van der Waals surface area contributed by atoms with Crippen molar-refractivity contribution in [3.63, 3.8) is 0 Å². The highest BCUT2D eigenvalue weighted by Crippen LogP contribution is 2.44. The highest BCUT2D eigenvalue weighted by atomic mass is 79.9. The molecule has 0 bridgehead atoms.